The Hall–Kier alpha value is -2.90. The molecule has 3 rings (SSSR count). The first kappa shape index (κ1) is 16.0. The molecule has 1 aromatic carbocycles. The van der Waals surface area contributed by atoms with Gasteiger partial charge in [-0.15, -0.1) is 0 Å². The maximum absolute atomic E-state index is 12.0. The molecule has 4 amide bonds. The summed E-state index contributed by atoms with van der Waals surface area (Å²) in [5, 5.41) is 0. The highest BCUT2D eigenvalue weighted by Gasteiger charge is 2.35. The van der Waals surface area contributed by atoms with E-state index < -0.39 is 23.7 Å². The van der Waals surface area contributed by atoms with Gasteiger partial charge in [0.05, 0.1) is 11.8 Å². The van der Waals surface area contributed by atoms with Gasteiger partial charge in [0, 0.05) is 37.3 Å². The fraction of sp³-hybridized carbons (Fsp3) is 0.375. The Morgan fingerprint density at radius 1 is 0.792 bits per heavy atom. The molecule has 8 nitrogen and oxygen atoms in total. The maximum Gasteiger partial charge on any atom is 0.227 e. The maximum atomic E-state index is 12.0. The molecule has 2 fully saturated rings. The molecule has 126 valence electrons. The van der Waals surface area contributed by atoms with E-state index in [2.05, 4.69) is 0 Å². The topological polar surface area (TPSA) is 127 Å². The lowest BCUT2D eigenvalue weighted by molar-refractivity contribution is -0.123. The van der Waals surface area contributed by atoms with E-state index in [1.54, 1.807) is 24.3 Å². The number of carbonyl (C=O) groups excluding carboxylic acids is 4. The fourth-order valence-corrected chi connectivity index (χ4v) is 3.11. The van der Waals surface area contributed by atoms with E-state index in [0.29, 0.717) is 11.4 Å². The molecule has 0 bridgehead atoms. The van der Waals surface area contributed by atoms with Crippen LogP contribution in [-0.4, -0.2) is 36.7 Å². The van der Waals surface area contributed by atoms with Gasteiger partial charge in [-0.3, -0.25) is 19.2 Å². The van der Waals surface area contributed by atoms with Gasteiger partial charge in [0.25, 0.3) is 0 Å². The van der Waals surface area contributed by atoms with E-state index >= 15 is 0 Å². The first-order chi connectivity index (χ1) is 11.4. The number of rotatable bonds is 4. The summed E-state index contributed by atoms with van der Waals surface area (Å²) in [5.74, 6) is -2.23. The molecule has 24 heavy (non-hydrogen) atoms. The van der Waals surface area contributed by atoms with Crippen LogP contribution in [0.25, 0.3) is 0 Å². The minimum atomic E-state index is -0.484. The number of hydrogen-bond donors (Lipinski definition) is 2. The summed E-state index contributed by atoms with van der Waals surface area (Å²) >= 11 is 0. The van der Waals surface area contributed by atoms with E-state index in [4.69, 9.17) is 11.5 Å². The highest BCUT2D eigenvalue weighted by molar-refractivity contribution is 6.02. The van der Waals surface area contributed by atoms with Gasteiger partial charge in [-0.2, -0.15) is 0 Å². The summed E-state index contributed by atoms with van der Waals surface area (Å²) < 4.78 is 0. The highest BCUT2D eigenvalue weighted by Crippen LogP contribution is 2.29. The van der Waals surface area contributed by atoms with Gasteiger partial charge in [0.15, 0.2) is 0 Å². The zero-order chi connectivity index (χ0) is 17.4. The van der Waals surface area contributed by atoms with Crippen molar-refractivity contribution < 1.29 is 19.2 Å². The Morgan fingerprint density at radius 3 is 1.38 bits per heavy atom. The van der Waals surface area contributed by atoms with Gasteiger partial charge >= 0.3 is 0 Å². The number of hydrogen-bond acceptors (Lipinski definition) is 4. The normalized spacial score (nSPS) is 23.8. The van der Waals surface area contributed by atoms with Crippen molar-refractivity contribution in [1.82, 2.24) is 0 Å². The van der Waals surface area contributed by atoms with E-state index in [-0.39, 0.29) is 37.7 Å². The Morgan fingerprint density at radius 2 is 1.12 bits per heavy atom. The average molecular weight is 330 g/mol. The Labute approximate surface area is 138 Å². The predicted octanol–water partition coefficient (Wildman–Crippen LogP) is -0.637. The summed E-state index contributed by atoms with van der Waals surface area (Å²) in [5.41, 5.74) is 11.8. The van der Waals surface area contributed by atoms with Gasteiger partial charge < -0.3 is 21.3 Å². The minimum Gasteiger partial charge on any atom is -0.369 e. The first-order valence-electron chi connectivity index (χ1n) is 7.66. The van der Waals surface area contributed by atoms with Crippen molar-refractivity contribution in [2.75, 3.05) is 22.9 Å². The number of primary amides is 2. The molecule has 0 aromatic heterocycles. The third kappa shape index (κ3) is 2.82. The molecule has 0 unspecified atom stereocenters. The molecular formula is C16H18N4O4. The van der Waals surface area contributed by atoms with Crippen LogP contribution in [0.2, 0.25) is 0 Å². The largest absolute Gasteiger partial charge is 0.369 e. The number of benzene rings is 1. The summed E-state index contributed by atoms with van der Waals surface area (Å²) in [4.78, 5) is 49.5. The van der Waals surface area contributed by atoms with Crippen molar-refractivity contribution in [3.63, 3.8) is 0 Å². The molecule has 2 atom stereocenters. The third-order valence-corrected chi connectivity index (χ3v) is 4.53. The van der Waals surface area contributed by atoms with Gasteiger partial charge in [-0.05, 0) is 24.3 Å². The van der Waals surface area contributed by atoms with Crippen LogP contribution < -0.4 is 21.3 Å². The fourth-order valence-electron chi connectivity index (χ4n) is 3.11. The number of nitrogens with two attached hydrogens (primary N) is 2. The van der Waals surface area contributed by atoms with Crippen molar-refractivity contribution in [3.05, 3.63) is 24.3 Å². The second-order valence-corrected chi connectivity index (χ2v) is 6.13. The molecule has 0 radical (unpaired) electrons. The lowest BCUT2D eigenvalue weighted by Gasteiger charge is -2.20. The third-order valence-electron chi connectivity index (χ3n) is 4.53. The van der Waals surface area contributed by atoms with Crippen LogP contribution in [0.15, 0.2) is 24.3 Å². The van der Waals surface area contributed by atoms with E-state index in [1.807, 2.05) is 0 Å². The summed E-state index contributed by atoms with van der Waals surface area (Å²) in [6.45, 7) is 0.528. The standard InChI is InChI=1S/C16H18N4O4/c17-15(23)9-5-13(21)19(7-9)11-1-2-12(4-3-11)20-8-10(16(18)24)6-14(20)22/h1-4,9-10H,5-8H2,(H2,17,23)(H2,18,24)/t9-,10-/m0/s1. The molecule has 2 heterocycles. The second-order valence-electron chi connectivity index (χ2n) is 6.13. The monoisotopic (exact) mass is 330 g/mol. The molecule has 4 N–H and O–H groups in total. The molecule has 2 saturated heterocycles. The Bertz CT molecular complexity index is 654. The van der Waals surface area contributed by atoms with Gasteiger partial charge in [0.2, 0.25) is 23.6 Å². The molecular weight excluding hydrogens is 312 g/mol. The van der Waals surface area contributed by atoms with Gasteiger partial charge in [0.1, 0.15) is 0 Å². The van der Waals surface area contributed by atoms with Crippen LogP contribution in [-0.2, 0) is 19.2 Å². The summed E-state index contributed by atoms with van der Waals surface area (Å²) in [7, 11) is 0. The van der Waals surface area contributed by atoms with Crippen molar-refractivity contribution in [1.29, 1.82) is 0 Å². The minimum absolute atomic E-state index is 0.113. The highest BCUT2D eigenvalue weighted by atomic mass is 16.2. The Kier molecular flexibility index (Phi) is 3.96. The van der Waals surface area contributed by atoms with Crippen molar-refractivity contribution in [2.24, 2.45) is 23.3 Å². The lowest BCUT2D eigenvalue weighted by Crippen LogP contribution is -2.29. The molecule has 2 aliphatic heterocycles. The molecule has 0 aliphatic carbocycles. The van der Waals surface area contributed by atoms with E-state index in [1.165, 1.54) is 9.80 Å². The van der Waals surface area contributed by atoms with Crippen LogP contribution in [0.3, 0.4) is 0 Å². The molecule has 8 heteroatoms. The predicted molar refractivity (Wildman–Crippen MR) is 85.8 cm³/mol. The average Bonchev–Trinajstić information content (AvgIpc) is 3.11. The van der Waals surface area contributed by atoms with Gasteiger partial charge in [-0.25, -0.2) is 0 Å². The number of carbonyl (C=O) groups is 4. The van der Waals surface area contributed by atoms with E-state index in [9.17, 15) is 19.2 Å². The molecule has 0 spiro atoms. The zero-order valence-electron chi connectivity index (χ0n) is 13.0. The van der Waals surface area contributed by atoms with Crippen molar-refractivity contribution in [2.45, 2.75) is 12.8 Å². The van der Waals surface area contributed by atoms with Crippen LogP contribution >= 0.6 is 0 Å². The van der Waals surface area contributed by atoms with Crippen LogP contribution in [0, 0.1) is 11.8 Å². The van der Waals surface area contributed by atoms with Crippen molar-refractivity contribution in [3.8, 4) is 0 Å². The number of amides is 4. The van der Waals surface area contributed by atoms with Crippen LogP contribution in [0.4, 0.5) is 11.4 Å². The molecule has 2 aliphatic rings. The Balaban J connectivity index is 1.75. The molecule has 1 aromatic rings. The summed E-state index contributed by atoms with van der Waals surface area (Å²) in [6, 6.07) is 6.84. The smallest absolute Gasteiger partial charge is 0.227 e. The first-order valence-corrected chi connectivity index (χ1v) is 7.66. The second kappa shape index (κ2) is 5.95. The van der Waals surface area contributed by atoms with Gasteiger partial charge in [-0.1, -0.05) is 0 Å². The lowest BCUT2D eigenvalue weighted by atomic mass is 10.1. The quantitative estimate of drug-likeness (QED) is 0.761. The van der Waals surface area contributed by atoms with Crippen molar-refractivity contribution >= 4 is 35.0 Å². The summed E-state index contributed by atoms with van der Waals surface area (Å²) in [6.07, 6.45) is 0.226. The number of anilines is 2. The van der Waals surface area contributed by atoms with E-state index in [0.717, 1.165) is 0 Å². The number of nitrogens with zero attached hydrogens (tertiary/aromatic N) is 2. The van der Waals surface area contributed by atoms with Crippen LogP contribution in [0.5, 0.6) is 0 Å². The SMILES string of the molecule is NC(=O)[C@H]1CC(=O)N(c2ccc(N3C[C@@H](C(N)=O)CC3=O)cc2)C1. The zero-order valence-corrected chi connectivity index (χ0v) is 13.0. The van der Waals surface area contributed by atoms with Crippen LogP contribution in [0.1, 0.15) is 12.8 Å². The molecule has 0 saturated carbocycles.